The van der Waals surface area contributed by atoms with Crippen molar-refractivity contribution in [2.75, 3.05) is 19.6 Å². The number of likely N-dealkylation sites (tertiary alicyclic amines) is 1. The van der Waals surface area contributed by atoms with Crippen LogP contribution < -0.4 is 5.32 Å². The summed E-state index contributed by atoms with van der Waals surface area (Å²) in [6.07, 6.45) is 4.63. The number of carbonyl (C=O) groups is 2. The summed E-state index contributed by atoms with van der Waals surface area (Å²) in [6, 6.07) is 0. The molecule has 1 N–H and O–H groups in total. The SMILES string of the molecule is CCCNC(=O)C1(C(=O)N2CCCC(C)C2)CC1. The van der Waals surface area contributed by atoms with Crippen molar-refractivity contribution in [3.8, 4) is 0 Å². The summed E-state index contributed by atoms with van der Waals surface area (Å²) in [5, 5.41) is 2.88. The Morgan fingerprint density at radius 1 is 1.39 bits per heavy atom. The zero-order valence-corrected chi connectivity index (χ0v) is 11.5. The van der Waals surface area contributed by atoms with Gasteiger partial charge in [-0.05, 0) is 38.0 Å². The molecule has 0 radical (unpaired) electrons. The number of rotatable bonds is 4. The van der Waals surface area contributed by atoms with E-state index < -0.39 is 5.41 Å². The largest absolute Gasteiger partial charge is 0.355 e. The number of nitrogens with one attached hydrogen (secondary N) is 1. The molecule has 1 aliphatic carbocycles. The third-order valence-corrected chi connectivity index (χ3v) is 4.07. The first-order valence-electron chi connectivity index (χ1n) is 7.18. The minimum atomic E-state index is -0.702. The van der Waals surface area contributed by atoms with Crippen LogP contribution in [0.4, 0.5) is 0 Å². The summed E-state index contributed by atoms with van der Waals surface area (Å²) in [4.78, 5) is 26.5. The molecule has 2 aliphatic rings. The van der Waals surface area contributed by atoms with Gasteiger partial charge in [-0.25, -0.2) is 0 Å². The predicted molar refractivity (Wildman–Crippen MR) is 69.9 cm³/mol. The van der Waals surface area contributed by atoms with Crippen molar-refractivity contribution in [1.82, 2.24) is 10.2 Å². The van der Waals surface area contributed by atoms with Gasteiger partial charge in [0.05, 0.1) is 0 Å². The van der Waals surface area contributed by atoms with Crippen LogP contribution in [0.1, 0.15) is 46.0 Å². The van der Waals surface area contributed by atoms with Crippen LogP contribution in [0.25, 0.3) is 0 Å². The Bertz CT molecular complexity index is 337. The molecule has 18 heavy (non-hydrogen) atoms. The van der Waals surface area contributed by atoms with E-state index in [1.165, 1.54) is 6.42 Å². The Morgan fingerprint density at radius 2 is 2.11 bits per heavy atom. The van der Waals surface area contributed by atoms with Gasteiger partial charge in [0.25, 0.3) is 0 Å². The molecule has 0 aromatic rings. The molecule has 0 aromatic carbocycles. The highest BCUT2D eigenvalue weighted by atomic mass is 16.2. The minimum Gasteiger partial charge on any atom is -0.355 e. The highest BCUT2D eigenvalue weighted by Crippen LogP contribution is 2.48. The molecule has 0 aromatic heterocycles. The normalized spacial score (nSPS) is 25.7. The van der Waals surface area contributed by atoms with Gasteiger partial charge in [-0.1, -0.05) is 13.8 Å². The van der Waals surface area contributed by atoms with Gasteiger partial charge in [-0.3, -0.25) is 9.59 Å². The number of amides is 2. The third kappa shape index (κ3) is 2.52. The third-order valence-electron chi connectivity index (χ3n) is 4.07. The second kappa shape index (κ2) is 5.29. The first-order valence-corrected chi connectivity index (χ1v) is 7.18. The zero-order chi connectivity index (χ0) is 13.2. The van der Waals surface area contributed by atoms with E-state index in [1.54, 1.807) is 0 Å². The fourth-order valence-corrected chi connectivity index (χ4v) is 2.75. The molecule has 0 bridgehead atoms. The highest BCUT2D eigenvalue weighted by Gasteiger charge is 2.57. The van der Waals surface area contributed by atoms with E-state index in [4.69, 9.17) is 0 Å². The first kappa shape index (κ1) is 13.4. The molecular formula is C14H24N2O2. The number of hydrogen-bond donors (Lipinski definition) is 1. The molecule has 2 fully saturated rings. The molecule has 4 nitrogen and oxygen atoms in total. The first-order chi connectivity index (χ1) is 8.60. The fourth-order valence-electron chi connectivity index (χ4n) is 2.75. The summed E-state index contributed by atoms with van der Waals surface area (Å²) < 4.78 is 0. The lowest BCUT2D eigenvalue weighted by atomic mass is 9.97. The number of piperidine rings is 1. The van der Waals surface area contributed by atoms with Crippen LogP contribution >= 0.6 is 0 Å². The maximum absolute atomic E-state index is 12.5. The monoisotopic (exact) mass is 252 g/mol. The molecule has 1 unspecified atom stereocenters. The Morgan fingerprint density at radius 3 is 2.67 bits per heavy atom. The lowest BCUT2D eigenvalue weighted by molar-refractivity contribution is -0.145. The molecule has 102 valence electrons. The van der Waals surface area contributed by atoms with Crippen molar-refractivity contribution in [2.45, 2.75) is 46.0 Å². The van der Waals surface area contributed by atoms with Gasteiger partial charge in [0, 0.05) is 19.6 Å². The molecule has 1 aliphatic heterocycles. The van der Waals surface area contributed by atoms with E-state index in [0.29, 0.717) is 12.5 Å². The average molecular weight is 252 g/mol. The lowest BCUT2D eigenvalue weighted by Crippen LogP contribution is -2.48. The standard InChI is InChI=1S/C14H24N2O2/c1-3-8-15-12(17)14(6-7-14)13(18)16-9-4-5-11(2)10-16/h11H,3-10H2,1-2H3,(H,15,17). The van der Waals surface area contributed by atoms with Crippen molar-refractivity contribution >= 4 is 11.8 Å². The minimum absolute atomic E-state index is 0.0485. The molecule has 1 atom stereocenters. The Balaban J connectivity index is 1.97. The number of hydrogen-bond acceptors (Lipinski definition) is 2. The quantitative estimate of drug-likeness (QED) is 0.772. The van der Waals surface area contributed by atoms with Gasteiger partial charge >= 0.3 is 0 Å². The maximum Gasteiger partial charge on any atom is 0.238 e. The fraction of sp³-hybridized carbons (Fsp3) is 0.857. The van der Waals surface area contributed by atoms with E-state index in [0.717, 1.165) is 38.8 Å². The second-order valence-corrected chi connectivity index (χ2v) is 5.84. The molecule has 1 saturated carbocycles. The Labute approximate surface area is 109 Å². The summed E-state index contributed by atoms with van der Waals surface area (Å²) in [7, 11) is 0. The van der Waals surface area contributed by atoms with Crippen molar-refractivity contribution in [1.29, 1.82) is 0 Å². The Hall–Kier alpha value is -1.06. The van der Waals surface area contributed by atoms with E-state index in [2.05, 4.69) is 12.2 Å². The van der Waals surface area contributed by atoms with E-state index >= 15 is 0 Å². The van der Waals surface area contributed by atoms with E-state index in [1.807, 2.05) is 11.8 Å². The molecule has 2 rings (SSSR count). The van der Waals surface area contributed by atoms with Gasteiger partial charge in [0.1, 0.15) is 5.41 Å². The lowest BCUT2D eigenvalue weighted by Gasteiger charge is -2.33. The number of carbonyl (C=O) groups excluding carboxylic acids is 2. The molecule has 1 heterocycles. The maximum atomic E-state index is 12.5. The van der Waals surface area contributed by atoms with E-state index in [-0.39, 0.29) is 11.8 Å². The highest BCUT2D eigenvalue weighted by molar-refractivity contribution is 6.07. The zero-order valence-electron chi connectivity index (χ0n) is 11.5. The molecule has 4 heteroatoms. The van der Waals surface area contributed by atoms with Crippen LogP contribution in [0.2, 0.25) is 0 Å². The van der Waals surface area contributed by atoms with E-state index in [9.17, 15) is 9.59 Å². The van der Waals surface area contributed by atoms with Crippen LogP contribution in [0, 0.1) is 11.3 Å². The molecular weight excluding hydrogens is 228 g/mol. The molecule has 0 spiro atoms. The second-order valence-electron chi connectivity index (χ2n) is 5.84. The van der Waals surface area contributed by atoms with Crippen molar-refractivity contribution in [3.63, 3.8) is 0 Å². The molecule has 2 amide bonds. The van der Waals surface area contributed by atoms with Gasteiger partial charge in [-0.2, -0.15) is 0 Å². The van der Waals surface area contributed by atoms with Crippen LogP contribution in [0.5, 0.6) is 0 Å². The molecule has 1 saturated heterocycles. The summed E-state index contributed by atoms with van der Waals surface area (Å²) in [5.41, 5.74) is -0.702. The smallest absolute Gasteiger partial charge is 0.238 e. The number of nitrogens with zero attached hydrogens (tertiary/aromatic N) is 1. The summed E-state index contributed by atoms with van der Waals surface area (Å²) in [5.74, 6) is 0.590. The van der Waals surface area contributed by atoms with Gasteiger partial charge in [0.2, 0.25) is 11.8 Å². The van der Waals surface area contributed by atoms with Crippen LogP contribution in [-0.4, -0.2) is 36.3 Å². The predicted octanol–water partition coefficient (Wildman–Crippen LogP) is 1.55. The van der Waals surface area contributed by atoms with Crippen LogP contribution in [-0.2, 0) is 9.59 Å². The van der Waals surface area contributed by atoms with Gasteiger partial charge in [0.15, 0.2) is 0 Å². The van der Waals surface area contributed by atoms with Crippen LogP contribution in [0.3, 0.4) is 0 Å². The Kier molecular flexibility index (Phi) is 3.93. The van der Waals surface area contributed by atoms with Crippen molar-refractivity contribution in [2.24, 2.45) is 11.3 Å². The topological polar surface area (TPSA) is 49.4 Å². The van der Waals surface area contributed by atoms with Crippen molar-refractivity contribution < 1.29 is 9.59 Å². The van der Waals surface area contributed by atoms with Crippen molar-refractivity contribution in [3.05, 3.63) is 0 Å². The van der Waals surface area contributed by atoms with Gasteiger partial charge < -0.3 is 10.2 Å². The average Bonchev–Trinajstić information content (AvgIpc) is 3.16. The summed E-state index contributed by atoms with van der Waals surface area (Å²) in [6.45, 7) is 6.52. The summed E-state index contributed by atoms with van der Waals surface area (Å²) >= 11 is 0. The van der Waals surface area contributed by atoms with Gasteiger partial charge in [-0.15, -0.1) is 0 Å². The van der Waals surface area contributed by atoms with Crippen LogP contribution in [0.15, 0.2) is 0 Å².